The average molecular weight is 209 g/mol. The summed E-state index contributed by atoms with van der Waals surface area (Å²) in [7, 11) is 0. The van der Waals surface area contributed by atoms with Crippen LogP contribution in [0.3, 0.4) is 0 Å². The molecule has 1 fully saturated rings. The Morgan fingerprint density at radius 1 is 1.33 bits per heavy atom. The number of nitrogens with zero attached hydrogens (tertiary/aromatic N) is 2. The van der Waals surface area contributed by atoms with Crippen molar-refractivity contribution in [3.05, 3.63) is 0 Å². The van der Waals surface area contributed by atoms with E-state index in [-0.39, 0.29) is 18.0 Å². The van der Waals surface area contributed by atoms with Crippen molar-refractivity contribution in [2.75, 3.05) is 13.1 Å². The monoisotopic (exact) mass is 209 g/mol. The number of piperidine rings is 1. The molecule has 84 valence electrons. The van der Waals surface area contributed by atoms with E-state index in [1.807, 2.05) is 11.8 Å². The molecule has 0 aromatic rings. The highest BCUT2D eigenvalue weighted by Crippen LogP contribution is 2.09. The molecule has 1 saturated heterocycles. The van der Waals surface area contributed by atoms with E-state index in [0.29, 0.717) is 0 Å². The maximum absolute atomic E-state index is 11.9. The summed E-state index contributed by atoms with van der Waals surface area (Å²) in [6.07, 6.45) is 3.43. The minimum absolute atomic E-state index is 0.122. The first-order valence-corrected chi connectivity index (χ1v) is 5.59. The zero-order valence-electron chi connectivity index (χ0n) is 9.49. The molecule has 0 aromatic heterocycles. The van der Waals surface area contributed by atoms with Gasteiger partial charge < -0.3 is 4.90 Å². The molecule has 1 rings (SSSR count). The van der Waals surface area contributed by atoms with Gasteiger partial charge in [-0.2, -0.15) is 5.26 Å². The summed E-state index contributed by atoms with van der Waals surface area (Å²) in [5.74, 6) is 0.122. The first kappa shape index (κ1) is 12.0. The van der Waals surface area contributed by atoms with Crippen LogP contribution in [0.4, 0.5) is 0 Å². The Labute approximate surface area is 91.2 Å². The van der Waals surface area contributed by atoms with Crippen molar-refractivity contribution in [2.45, 2.75) is 45.2 Å². The molecule has 2 atom stereocenters. The van der Waals surface area contributed by atoms with Crippen LogP contribution in [0.1, 0.15) is 33.1 Å². The molecule has 0 spiro atoms. The van der Waals surface area contributed by atoms with E-state index in [1.165, 1.54) is 6.42 Å². The molecular weight excluding hydrogens is 190 g/mol. The first-order chi connectivity index (χ1) is 7.15. The molecule has 4 heteroatoms. The lowest BCUT2D eigenvalue weighted by atomic mass is 10.1. The van der Waals surface area contributed by atoms with E-state index in [4.69, 9.17) is 5.26 Å². The van der Waals surface area contributed by atoms with Crippen molar-refractivity contribution in [3.8, 4) is 6.07 Å². The number of carbonyl (C=O) groups is 1. The minimum atomic E-state index is -0.270. The molecule has 1 aliphatic heterocycles. The summed E-state index contributed by atoms with van der Waals surface area (Å²) in [6.45, 7) is 5.32. The van der Waals surface area contributed by atoms with Crippen LogP contribution in [0.2, 0.25) is 0 Å². The summed E-state index contributed by atoms with van der Waals surface area (Å²) >= 11 is 0. The van der Waals surface area contributed by atoms with Crippen molar-refractivity contribution >= 4 is 5.91 Å². The van der Waals surface area contributed by atoms with E-state index in [9.17, 15) is 4.79 Å². The topological polar surface area (TPSA) is 56.1 Å². The molecule has 4 nitrogen and oxygen atoms in total. The Morgan fingerprint density at radius 2 is 1.93 bits per heavy atom. The van der Waals surface area contributed by atoms with E-state index in [1.54, 1.807) is 6.92 Å². The predicted molar refractivity (Wildman–Crippen MR) is 58.1 cm³/mol. The maximum atomic E-state index is 11.9. The normalized spacial score (nSPS) is 20.5. The lowest BCUT2D eigenvalue weighted by Crippen LogP contribution is -2.48. The fraction of sp³-hybridized carbons (Fsp3) is 0.818. The Bertz CT molecular complexity index is 253. The van der Waals surface area contributed by atoms with E-state index in [2.05, 4.69) is 11.4 Å². The van der Waals surface area contributed by atoms with Crippen molar-refractivity contribution < 1.29 is 4.79 Å². The number of nitrogens with one attached hydrogen (secondary N) is 1. The lowest BCUT2D eigenvalue weighted by Gasteiger charge is -2.29. The quantitative estimate of drug-likeness (QED) is 0.751. The molecule has 1 heterocycles. The molecule has 0 aromatic carbocycles. The molecule has 1 amide bonds. The van der Waals surface area contributed by atoms with Crippen molar-refractivity contribution in [3.63, 3.8) is 0 Å². The van der Waals surface area contributed by atoms with Gasteiger partial charge in [-0.05, 0) is 33.1 Å². The number of nitriles is 1. The number of likely N-dealkylation sites (tertiary alicyclic amines) is 1. The van der Waals surface area contributed by atoms with Gasteiger partial charge in [0.05, 0.1) is 18.2 Å². The number of rotatable bonds is 3. The largest absolute Gasteiger partial charge is 0.341 e. The van der Waals surface area contributed by atoms with Gasteiger partial charge in [0.25, 0.3) is 0 Å². The highest BCUT2D eigenvalue weighted by atomic mass is 16.2. The zero-order valence-corrected chi connectivity index (χ0v) is 9.49. The molecule has 1 N–H and O–H groups in total. The minimum Gasteiger partial charge on any atom is -0.341 e. The summed E-state index contributed by atoms with van der Waals surface area (Å²) < 4.78 is 0. The molecule has 0 saturated carbocycles. The Balaban J connectivity index is 2.41. The second-order valence-electron chi connectivity index (χ2n) is 4.13. The van der Waals surface area contributed by atoms with Gasteiger partial charge in [-0.15, -0.1) is 0 Å². The van der Waals surface area contributed by atoms with E-state index < -0.39 is 0 Å². The fourth-order valence-corrected chi connectivity index (χ4v) is 1.87. The lowest BCUT2D eigenvalue weighted by molar-refractivity contribution is -0.134. The van der Waals surface area contributed by atoms with Crippen molar-refractivity contribution in [2.24, 2.45) is 0 Å². The molecule has 0 aliphatic carbocycles. The van der Waals surface area contributed by atoms with Gasteiger partial charge in [0.2, 0.25) is 5.91 Å². The van der Waals surface area contributed by atoms with Crippen molar-refractivity contribution in [1.29, 1.82) is 5.26 Å². The third-order valence-electron chi connectivity index (χ3n) is 2.73. The summed E-state index contributed by atoms with van der Waals surface area (Å²) in [6, 6.07) is 1.55. The Morgan fingerprint density at radius 3 is 2.47 bits per heavy atom. The second-order valence-corrected chi connectivity index (χ2v) is 4.13. The standard InChI is InChI=1S/C11H19N3O/c1-9(8-12)13-10(2)11(15)14-6-4-3-5-7-14/h9-10,13H,3-7H2,1-2H3. The third kappa shape index (κ3) is 3.52. The predicted octanol–water partition coefficient (Wildman–Crippen LogP) is 0.889. The van der Waals surface area contributed by atoms with Crippen LogP contribution < -0.4 is 5.32 Å². The highest BCUT2D eigenvalue weighted by molar-refractivity contribution is 5.81. The van der Waals surface area contributed by atoms with Gasteiger partial charge in [0, 0.05) is 13.1 Å². The SMILES string of the molecule is CC(C#N)NC(C)C(=O)N1CCCCC1. The van der Waals surface area contributed by atoms with Crippen LogP contribution in [0.5, 0.6) is 0 Å². The van der Waals surface area contributed by atoms with Crippen molar-refractivity contribution in [1.82, 2.24) is 10.2 Å². The first-order valence-electron chi connectivity index (χ1n) is 5.59. The van der Waals surface area contributed by atoms with E-state index >= 15 is 0 Å². The molecule has 15 heavy (non-hydrogen) atoms. The highest BCUT2D eigenvalue weighted by Gasteiger charge is 2.22. The molecule has 2 unspecified atom stereocenters. The summed E-state index contributed by atoms with van der Waals surface area (Å²) in [5, 5.41) is 11.6. The van der Waals surface area contributed by atoms with E-state index in [0.717, 1.165) is 25.9 Å². The molecular formula is C11H19N3O. The van der Waals surface area contributed by atoms with Crippen LogP contribution in [0.25, 0.3) is 0 Å². The Hall–Kier alpha value is -1.08. The fourth-order valence-electron chi connectivity index (χ4n) is 1.87. The van der Waals surface area contributed by atoms with Gasteiger partial charge in [0.15, 0.2) is 0 Å². The molecule has 0 radical (unpaired) electrons. The van der Waals surface area contributed by atoms with Crippen LogP contribution in [-0.2, 0) is 4.79 Å². The van der Waals surface area contributed by atoms with Crippen LogP contribution >= 0.6 is 0 Å². The van der Waals surface area contributed by atoms with Crippen LogP contribution in [0.15, 0.2) is 0 Å². The summed E-state index contributed by atoms with van der Waals surface area (Å²) in [4.78, 5) is 13.8. The van der Waals surface area contributed by atoms with Crippen LogP contribution in [0, 0.1) is 11.3 Å². The third-order valence-corrected chi connectivity index (χ3v) is 2.73. The number of amides is 1. The zero-order chi connectivity index (χ0) is 11.3. The number of hydrogen-bond acceptors (Lipinski definition) is 3. The summed E-state index contributed by atoms with van der Waals surface area (Å²) in [5.41, 5.74) is 0. The van der Waals surface area contributed by atoms with Gasteiger partial charge in [-0.25, -0.2) is 0 Å². The maximum Gasteiger partial charge on any atom is 0.239 e. The number of carbonyl (C=O) groups excluding carboxylic acids is 1. The molecule has 1 aliphatic rings. The Kier molecular flexibility index (Phi) is 4.57. The van der Waals surface area contributed by atoms with Gasteiger partial charge in [0.1, 0.15) is 0 Å². The average Bonchev–Trinajstić information content (AvgIpc) is 2.29. The molecule has 0 bridgehead atoms. The number of hydrogen-bond donors (Lipinski definition) is 1. The van der Waals surface area contributed by atoms with Gasteiger partial charge >= 0.3 is 0 Å². The van der Waals surface area contributed by atoms with Gasteiger partial charge in [-0.1, -0.05) is 0 Å². The smallest absolute Gasteiger partial charge is 0.239 e. The van der Waals surface area contributed by atoms with Crippen LogP contribution in [-0.4, -0.2) is 36.0 Å². The van der Waals surface area contributed by atoms with Gasteiger partial charge in [-0.3, -0.25) is 10.1 Å². The second kappa shape index (κ2) is 5.72.